The van der Waals surface area contributed by atoms with Crippen LogP contribution in [0.4, 0.5) is 11.6 Å². The van der Waals surface area contributed by atoms with Crippen molar-refractivity contribution in [3.05, 3.63) is 60.8 Å². The van der Waals surface area contributed by atoms with Gasteiger partial charge in [-0.3, -0.25) is 4.68 Å². The van der Waals surface area contributed by atoms with E-state index in [1.54, 1.807) is 10.9 Å². The van der Waals surface area contributed by atoms with Crippen molar-refractivity contribution in [2.24, 2.45) is 7.05 Å². The van der Waals surface area contributed by atoms with Crippen LogP contribution in [0, 0.1) is 0 Å². The highest BCUT2D eigenvalue weighted by atomic mass is 15.4. The topological polar surface area (TPSA) is 68.5 Å². The van der Waals surface area contributed by atoms with Crippen molar-refractivity contribution in [2.75, 3.05) is 5.32 Å². The lowest BCUT2D eigenvalue weighted by atomic mass is 10.2. The maximum Gasteiger partial charge on any atom is 0.174 e. The van der Waals surface area contributed by atoms with Gasteiger partial charge in [0.1, 0.15) is 5.82 Å². The van der Waals surface area contributed by atoms with Crippen LogP contribution in [0.5, 0.6) is 0 Å². The van der Waals surface area contributed by atoms with Gasteiger partial charge in [-0.15, -0.1) is 5.10 Å². The van der Waals surface area contributed by atoms with E-state index in [0.717, 1.165) is 22.3 Å². The zero-order chi connectivity index (χ0) is 15.6. The fourth-order valence-corrected chi connectivity index (χ4v) is 2.41. The van der Waals surface area contributed by atoms with Gasteiger partial charge in [-0.1, -0.05) is 47.7 Å². The largest absolute Gasteiger partial charge is 0.321 e. The molecule has 1 N–H and O–H groups in total. The predicted molar refractivity (Wildman–Crippen MR) is 89.3 cm³/mol. The number of nitrogens with zero attached hydrogens (tertiary/aromatic N) is 5. The van der Waals surface area contributed by atoms with Gasteiger partial charge in [0, 0.05) is 18.0 Å². The van der Waals surface area contributed by atoms with Crippen LogP contribution in [-0.2, 0) is 7.05 Å². The van der Waals surface area contributed by atoms with Gasteiger partial charge in [0.2, 0.25) is 0 Å². The molecule has 4 rings (SSSR count). The Morgan fingerprint density at radius 3 is 2.48 bits per heavy atom. The molecule has 2 heterocycles. The van der Waals surface area contributed by atoms with Crippen LogP contribution in [0.2, 0.25) is 0 Å². The van der Waals surface area contributed by atoms with E-state index in [4.69, 9.17) is 0 Å². The summed E-state index contributed by atoms with van der Waals surface area (Å²) in [7, 11) is 1.83. The van der Waals surface area contributed by atoms with Crippen molar-refractivity contribution in [1.82, 2.24) is 25.0 Å². The van der Waals surface area contributed by atoms with Crippen LogP contribution >= 0.6 is 0 Å². The Bertz CT molecular complexity index is 961. The first-order valence-electron chi connectivity index (χ1n) is 7.25. The molecule has 2 aromatic heterocycles. The van der Waals surface area contributed by atoms with Crippen molar-refractivity contribution in [1.29, 1.82) is 0 Å². The summed E-state index contributed by atoms with van der Waals surface area (Å²) >= 11 is 0. The maximum atomic E-state index is 4.68. The zero-order valence-corrected chi connectivity index (χ0v) is 12.5. The molecule has 0 radical (unpaired) electrons. The molecule has 0 bridgehead atoms. The van der Waals surface area contributed by atoms with Crippen molar-refractivity contribution in [2.45, 2.75) is 0 Å². The average Bonchev–Trinajstić information content (AvgIpc) is 3.00. The van der Waals surface area contributed by atoms with Crippen LogP contribution in [-0.4, -0.2) is 25.0 Å². The number of aromatic nitrogens is 5. The summed E-state index contributed by atoms with van der Waals surface area (Å²) in [5, 5.41) is 12.2. The highest BCUT2D eigenvalue weighted by molar-refractivity contribution is 5.91. The lowest BCUT2D eigenvalue weighted by Gasteiger charge is -2.09. The first kappa shape index (κ1) is 13.4. The number of rotatable bonds is 3. The highest BCUT2D eigenvalue weighted by Crippen LogP contribution is 2.26. The van der Waals surface area contributed by atoms with Crippen molar-refractivity contribution < 1.29 is 0 Å². The summed E-state index contributed by atoms with van der Waals surface area (Å²) in [6.07, 6.45) is 1.80. The van der Waals surface area contributed by atoms with E-state index in [9.17, 15) is 0 Å². The zero-order valence-electron chi connectivity index (χ0n) is 12.5. The summed E-state index contributed by atoms with van der Waals surface area (Å²) < 4.78 is 1.64. The molecule has 0 saturated carbocycles. The molecule has 0 atom stereocenters. The summed E-state index contributed by atoms with van der Waals surface area (Å²) in [5.41, 5.74) is 1.85. The standard InChI is InChI=1S/C17H14N6/c1-23-11-15(21-22-23)19-17-13-9-5-6-10-14(13)18-16(20-17)12-7-3-2-4-8-12/h2-11H,1H3,(H,18,19,20). The van der Waals surface area contributed by atoms with E-state index in [0.29, 0.717) is 11.6 Å². The summed E-state index contributed by atoms with van der Waals surface area (Å²) in [6, 6.07) is 17.8. The second-order valence-corrected chi connectivity index (χ2v) is 5.18. The molecule has 0 aliphatic rings. The van der Waals surface area contributed by atoms with E-state index in [1.807, 2.05) is 61.6 Å². The first-order chi connectivity index (χ1) is 11.3. The van der Waals surface area contributed by atoms with Gasteiger partial charge in [-0.2, -0.15) is 0 Å². The summed E-state index contributed by atoms with van der Waals surface area (Å²) in [4.78, 5) is 9.34. The molecule has 0 amide bonds. The Balaban J connectivity index is 1.87. The molecule has 0 spiro atoms. The molecule has 6 heteroatoms. The summed E-state index contributed by atoms with van der Waals surface area (Å²) in [6.45, 7) is 0. The fourth-order valence-electron chi connectivity index (χ4n) is 2.41. The van der Waals surface area contributed by atoms with Crippen LogP contribution in [0.3, 0.4) is 0 Å². The SMILES string of the molecule is Cn1cc(Nc2nc(-c3ccccc3)nc3ccccc23)nn1. The number of nitrogens with one attached hydrogen (secondary N) is 1. The Labute approximate surface area is 132 Å². The number of aryl methyl sites for hydroxylation is 1. The molecule has 0 aliphatic carbocycles. The van der Waals surface area contributed by atoms with Gasteiger partial charge in [0.25, 0.3) is 0 Å². The van der Waals surface area contributed by atoms with Crippen molar-refractivity contribution in [3.63, 3.8) is 0 Å². The quantitative estimate of drug-likeness (QED) is 0.629. The molecule has 0 saturated heterocycles. The third-order valence-electron chi connectivity index (χ3n) is 3.48. The monoisotopic (exact) mass is 302 g/mol. The molecule has 0 unspecified atom stereocenters. The molecule has 2 aromatic carbocycles. The third kappa shape index (κ3) is 2.62. The van der Waals surface area contributed by atoms with Gasteiger partial charge in [0.05, 0.1) is 11.7 Å². The third-order valence-corrected chi connectivity index (χ3v) is 3.48. The minimum atomic E-state index is 0.648. The van der Waals surface area contributed by atoms with E-state index in [2.05, 4.69) is 25.6 Å². The van der Waals surface area contributed by atoms with Crippen LogP contribution in [0.1, 0.15) is 0 Å². The number of anilines is 2. The normalized spacial score (nSPS) is 10.8. The molecule has 23 heavy (non-hydrogen) atoms. The van der Waals surface area contributed by atoms with Gasteiger partial charge in [-0.05, 0) is 12.1 Å². The molecular weight excluding hydrogens is 288 g/mol. The Kier molecular flexibility index (Phi) is 3.20. The fraction of sp³-hybridized carbons (Fsp3) is 0.0588. The lowest BCUT2D eigenvalue weighted by molar-refractivity contribution is 0.715. The Hall–Kier alpha value is -3.28. The van der Waals surface area contributed by atoms with E-state index in [-0.39, 0.29) is 0 Å². The predicted octanol–water partition coefficient (Wildman–Crippen LogP) is 3.17. The highest BCUT2D eigenvalue weighted by Gasteiger charge is 2.10. The molecule has 0 aliphatic heterocycles. The smallest absolute Gasteiger partial charge is 0.174 e. The lowest BCUT2D eigenvalue weighted by Crippen LogP contribution is -1.99. The first-order valence-corrected chi connectivity index (χ1v) is 7.25. The summed E-state index contributed by atoms with van der Waals surface area (Å²) in [5.74, 6) is 2.04. The minimum Gasteiger partial charge on any atom is -0.321 e. The molecule has 4 aromatic rings. The molecular formula is C17H14N6. The van der Waals surface area contributed by atoms with Gasteiger partial charge >= 0.3 is 0 Å². The van der Waals surface area contributed by atoms with E-state index in [1.165, 1.54) is 0 Å². The Morgan fingerprint density at radius 1 is 0.913 bits per heavy atom. The van der Waals surface area contributed by atoms with Gasteiger partial charge < -0.3 is 5.32 Å². The van der Waals surface area contributed by atoms with Gasteiger partial charge in [-0.25, -0.2) is 9.97 Å². The Morgan fingerprint density at radius 2 is 1.70 bits per heavy atom. The minimum absolute atomic E-state index is 0.648. The molecule has 0 fully saturated rings. The number of para-hydroxylation sites is 1. The van der Waals surface area contributed by atoms with Crippen LogP contribution in [0.25, 0.3) is 22.3 Å². The number of hydrogen-bond donors (Lipinski definition) is 1. The second kappa shape index (κ2) is 5.49. The van der Waals surface area contributed by atoms with Crippen LogP contribution < -0.4 is 5.32 Å². The van der Waals surface area contributed by atoms with Gasteiger partial charge in [0.15, 0.2) is 11.6 Å². The molecule has 6 nitrogen and oxygen atoms in total. The number of fused-ring (bicyclic) bond motifs is 1. The van der Waals surface area contributed by atoms with Crippen LogP contribution in [0.15, 0.2) is 60.8 Å². The van der Waals surface area contributed by atoms with Crippen molar-refractivity contribution >= 4 is 22.5 Å². The number of hydrogen-bond acceptors (Lipinski definition) is 5. The van der Waals surface area contributed by atoms with Crippen molar-refractivity contribution in [3.8, 4) is 11.4 Å². The average molecular weight is 302 g/mol. The maximum absolute atomic E-state index is 4.68. The molecule has 112 valence electrons. The van der Waals surface area contributed by atoms with E-state index >= 15 is 0 Å². The number of benzene rings is 2. The second-order valence-electron chi connectivity index (χ2n) is 5.18. The van der Waals surface area contributed by atoms with E-state index < -0.39 is 0 Å².